The average Bonchev–Trinajstić information content (AvgIpc) is 3.89. The highest BCUT2D eigenvalue weighted by molar-refractivity contribution is 7.23. The number of rotatable bonds is 8. The Hall–Kier alpha value is -4.36. The van der Waals surface area contributed by atoms with E-state index in [2.05, 4.69) is 9.97 Å². The number of nitrogens with zero attached hydrogens (tertiary/aromatic N) is 6. The summed E-state index contributed by atoms with van der Waals surface area (Å²) < 4.78 is 98.3. The number of carbonyl (C=O) groups is 1. The molecule has 7 rings (SSSR count). The first-order valence-corrected chi connectivity index (χ1v) is 19.5. The van der Waals surface area contributed by atoms with E-state index in [9.17, 15) is 18.8 Å². The number of fused-ring (bicyclic) bond motifs is 3. The predicted octanol–water partition coefficient (Wildman–Crippen LogP) is 8.72. The molecule has 9 nitrogen and oxygen atoms in total. The van der Waals surface area contributed by atoms with Gasteiger partial charge in [0.1, 0.15) is 41.0 Å². The van der Waals surface area contributed by atoms with Crippen molar-refractivity contribution in [3.63, 3.8) is 0 Å². The van der Waals surface area contributed by atoms with Crippen LogP contribution in [0.5, 0.6) is 6.01 Å². The molecule has 55 heavy (non-hydrogen) atoms. The van der Waals surface area contributed by atoms with Crippen molar-refractivity contribution < 1.29 is 35.9 Å². The molecule has 4 unspecified atom stereocenters. The van der Waals surface area contributed by atoms with Crippen molar-refractivity contribution in [3.05, 3.63) is 41.0 Å². The van der Waals surface area contributed by atoms with E-state index in [0.29, 0.717) is 30.7 Å². The summed E-state index contributed by atoms with van der Waals surface area (Å²) in [4.78, 5) is 27.6. The lowest BCUT2D eigenvalue weighted by Gasteiger charge is -2.32. The normalized spacial score (nSPS) is 22.6. The first-order valence-electron chi connectivity index (χ1n) is 18.7. The molecule has 3 fully saturated rings. The zero-order valence-corrected chi connectivity index (χ0v) is 32.5. The van der Waals surface area contributed by atoms with Gasteiger partial charge in [0, 0.05) is 60.4 Å². The highest BCUT2D eigenvalue weighted by Gasteiger charge is 2.49. The largest absolute Gasteiger partial charge is 0.461 e. The summed E-state index contributed by atoms with van der Waals surface area (Å²) >= 11 is 0.683. The second-order valence-electron chi connectivity index (χ2n) is 14.6. The summed E-state index contributed by atoms with van der Waals surface area (Å²) in [6.07, 6.45) is -3.98. The van der Waals surface area contributed by atoms with Crippen LogP contribution in [-0.4, -0.2) is 82.3 Å². The van der Waals surface area contributed by atoms with Gasteiger partial charge in [-0.15, -0.1) is 11.3 Å². The van der Waals surface area contributed by atoms with E-state index in [4.69, 9.17) is 10.5 Å². The van der Waals surface area contributed by atoms with E-state index in [0.717, 1.165) is 24.6 Å². The van der Waals surface area contributed by atoms with E-state index in [-0.39, 0.29) is 94.0 Å². The molecule has 0 bridgehead atoms. The number of carbonyl (C=O) groups excluding carboxylic acids is 1. The van der Waals surface area contributed by atoms with E-state index in [1.807, 2.05) is 31.7 Å². The molecule has 3 aliphatic heterocycles. The molecule has 3 aliphatic rings. The van der Waals surface area contributed by atoms with Crippen LogP contribution < -0.4 is 15.4 Å². The molecule has 4 atom stereocenters. The Balaban J connectivity index is 0.00000253. The van der Waals surface area contributed by atoms with Gasteiger partial charge in [0.05, 0.1) is 21.4 Å². The van der Waals surface area contributed by atoms with E-state index in [1.165, 1.54) is 0 Å². The first-order chi connectivity index (χ1) is 26.1. The molecule has 296 valence electrons. The van der Waals surface area contributed by atoms with Crippen LogP contribution in [0.15, 0.2) is 18.2 Å². The Morgan fingerprint density at radius 3 is 2.60 bits per heavy atom. The highest BCUT2D eigenvalue weighted by atomic mass is 32.1. The third-order valence-electron chi connectivity index (χ3n) is 11.0. The van der Waals surface area contributed by atoms with Crippen molar-refractivity contribution in [2.45, 2.75) is 97.2 Å². The van der Waals surface area contributed by atoms with Gasteiger partial charge in [-0.25, -0.2) is 13.2 Å². The second-order valence-corrected chi connectivity index (χ2v) is 15.7. The maximum Gasteiger partial charge on any atom is 0.417 e. The number of nitriles is 1. The van der Waals surface area contributed by atoms with E-state index < -0.39 is 52.2 Å². The molecule has 0 saturated carbocycles. The van der Waals surface area contributed by atoms with Gasteiger partial charge in [0.2, 0.25) is 5.91 Å². The summed E-state index contributed by atoms with van der Waals surface area (Å²) in [5, 5.41) is 9.27. The fraction of sp³-hybridized carbons (Fsp3) is 0.538. The number of thiophene rings is 1. The number of anilines is 2. The minimum atomic E-state index is -5.12. The number of amides is 1. The Kier molecular flexibility index (Phi) is 11.2. The smallest absolute Gasteiger partial charge is 0.417 e. The number of alkyl halides is 4. The van der Waals surface area contributed by atoms with Gasteiger partial charge in [0.25, 0.3) is 0 Å². The SMILES string of the molecule is CC.CCN(c1nc(OCC23CCCN2CC(F)C3)nc2c(F)c(-c3ccc(F)c4sc(N)c(C#N)c34)c(C(F)(F)F)cc12)C1CC(C)N(C(=O)C(C)C)C1. The summed E-state index contributed by atoms with van der Waals surface area (Å²) in [7, 11) is 0. The Labute approximate surface area is 320 Å². The maximum absolute atomic E-state index is 17.3. The predicted molar refractivity (Wildman–Crippen MR) is 202 cm³/mol. The van der Waals surface area contributed by atoms with Crippen LogP contribution in [0.1, 0.15) is 78.4 Å². The number of ether oxygens (including phenoxy) is 1. The van der Waals surface area contributed by atoms with Crippen LogP contribution >= 0.6 is 11.3 Å². The van der Waals surface area contributed by atoms with Gasteiger partial charge in [-0.3, -0.25) is 9.69 Å². The lowest BCUT2D eigenvalue weighted by atomic mass is 9.92. The minimum Gasteiger partial charge on any atom is -0.461 e. The summed E-state index contributed by atoms with van der Waals surface area (Å²) in [6.45, 7) is 12.7. The van der Waals surface area contributed by atoms with Gasteiger partial charge in [-0.1, -0.05) is 33.8 Å². The number of hydrogen-bond acceptors (Lipinski definition) is 9. The van der Waals surface area contributed by atoms with Crippen molar-refractivity contribution in [1.29, 1.82) is 5.26 Å². The summed E-state index contributed by atoms with van der Waals surface area (Å²) in [5.41, 5.74) is 1.92. The molecule has 16 heteroatoms. The molecule has 2 aromatic carbocycles. The third-order valence-corrected chi connectivity index (χ3v) is 12.0. The quantitative estimate of drug-likeness (QED) is 0.177. The zero-order valence-electron chi connectivity index (χ0n) is 31.7. The standard InChI is InChI=1S/C37H39F6N7O2S.C2H6/c1-5-49(21-11-19(4)50(16-21)34(51)18(2)3)33-23-12-25(37(41,42)43)28(22-7-8-26(39)31-27(22)24(14-44)32(45)53-31)29(40)30(23)46-35(47-33)52-17-36-9-6-10-48(36)15-20(38)13-36;1-2/h7-8,12,18-21H,5-6,9-11,13,15-17,45H2,1-4H3;1-2H3. The molecule has 2 N–H and O–H groups in total. The number of benzene rings is 2. The molecule has 4 aromatic rings. The third kappa shape index (κ3) is 7.02. The van der Waals surface area contributed by atoms with E-state index in [1.54, 1.807) is 30.6 Å². The van der Waals surface area contributed by atoms with Crippen molar-refractivity contribution >= 4 is 49.1 Å². The fourth-order valence-electron chi connectivity index (χ4n) is 8.57. The molecule has 3 saturated heterocycles. The number of hydrogen-bond donors (Lipinski definition) is 1. The summed E-state index contributed by atoms with van der Waals surface area (Å²) in [6, 6.07) is 3.65. The second kappa shape index (κ2) is 15.3. The number of halogens is 6. The lowest BCUT2D eigenvalue weighted by molar-refractivity contribution is -0.137. The molecule has 1 amide bonds. The van der Waals surface area contributed by atoms with Crippen LogP contribution in [0, 0.1) is 28.9 Å². The molecular weight excluding hydrogens is 745 g/mol. The average molecular weight is 790 g/mol. The highest BCUT2D eigenvalue weighted by Crippen LogP contribution is 2.48. The van der Waals surface area contributed by atoms with Gasteiger partial charge in [-0.2, -0.15) is 28.4 Å². The van der Waals surface area contributed by atoms with Crippen LogP contribution in [0.4, 0.5) is 37.2 Å². The number of nitrogens with two attached hydrogens (primary N) is 1. The fourth-order valence-corrected chi connectivity index (χ4v) is 9.52. The molecule has 0 radical (unpaired) electrons. The monoisotopic (exact) mass is 789 g/mol. The first kappa shape index (κ1) is 40.3. The molecule has 0 aliphatic carbocycles. The molecule has 0 spiro atoms. The molecule has 2 aromatic heterocycles. The van der Waals surface area contributed by atoms with Gasteiger partial charge in [0.15, 0.2) is 5.82 Å². The number of likely N-dealkylation sites (N-methyl/N-ethyl adjacent to an activating group) is 1. The van der Waals surface area contributed by atoms with Gasteiger partial charge < -0.3 is 20.3 Å². The molecule has 5 heterocycles. The number of nitrogen functional groups attached to an aromatic ring is 1. The Morgan fingerprint density at radius 2 is 1.95 bits per heavy atom. The van der Waals surface area contributed by atoms with Crippen molar-refractivity contribution in [2.75, 3.05) is 43.4 Å². The maximum atomic E-state index is 17.3. The lowest BCUT2D eigenvalue weighted by Crippen LogP contribution is -2.43. The van der Waals surface area contributed by atoms with Crippen molar-refractivity contribution in [3.8, 4) is 23.2 Å². The number of likely N-dealkylation sites (tertiary alicyclic amines) is 1. The zero-order chi connectivity index (χ0) is 40.1. The van der Waals surface area contributed by atoms with Gasteiger partial charge in [-0.05, 0) is 57.4 Å². The number of aromatic nitrogens is 2. The van der Waals surface area contributed by atoms with Crippen LogP contribution in [0.2, 0.25) is 0 Å². The van der Waals surface area contributed by atoms with Gasteiger partial charge >= 0.3 is 12.2 Å². The topological polar surface area (TPSA) is 112 Å². The summed E-state index contributed by atoms with van der Waals surface area (Å²) in [5.74, 6) is -2.56. The Morgan fingerprint density at radius 1 is 1.22 bits per heavy atom. The molecular formula is C39H45F6N7O2S. The Bertz CT molecular complexity index is 2150. The van der Waals surface area contributed by atoms with Crippen molar-refractivity contribution in [1.82, 2.24) is 19.8 Å². The van der Waals surface area contributed by atoms with E-state index >= 15 is 17.6 Å². The van der Waals surface area contributed by atoms with Crippen molar-refractivity contribution in [2.24, 2.45) is 5.92 Å². The van der Waals surface area contributed by atoms with Crippen LogP contribution in [0.25, 0.3) is 32.1 Å². The minimum absolute atomic E-state index is 0.0168. The van der Waals surface area contributed by atoms with Crippen LogP contribution in [0.3, 0.4) is 0 Å². The van der Waals surface area contributed by atoms with Crippen LogP contribution in [-0.2, 0) is 11.0 Å².